The molecule has 0 amide bonds. The Bertz CT molecular complexity index is 464. The summed E-state index contributed by atoms with van der Waals surface area (Å²) < 4.78 is 10.3. The van der Waals surface area contributed by atoms with Crippen LogP contribution >= 0.6 is 0 Å². The van der Waals surface area contributed by atoms with Gasteiger partial charge >= 0.3 is 6.08 Å². The number of aliphatic hydroxyl groups is 1. The molecule has 1 aromatic heterocycles. The second-order valence-electron chi connectivity index (χ2n) is 3.46. The van der Waals surface area contributed by atoms with E-state index in [2.05, 4.69) is 4.98 Å². The zero-order chi connectivity index (χ0) is 10.8. The minimum Gasteiger partial charge on any atom is -0.453 e. The quantitative estimate of drug-likeness (QED) is 0.835. The van der Waals surface area contributed by atoms with Crippen molar-refractivity contribution in [3.05, 3.63) is 23.8 Å². The maximum atomic E-state index is 9.12. The fourth-order valence-electron chi connectivity index (χ4n) is 1.53. The van der Waals surface area contributed by atoms with E-state index in [0.717, 1.165) is 11.1 Å². The lowest BCUT2D eigenvalue weighted by atomic mass is 10.0. The summed E-state index contributed by atoms with van der Waals surface area (Å²) in [6.07, 6.45) is 0.252. The number of oxazole rings is 1. The predicted octanol–water partition coefficient (Wildman–Crippen LogP) is 1.93. The number of hydrogen-bond donors (Lipinski definition) is 1. The van der Waals surface area contributed by atoms with Gasteiger partial charge in [-0.1, -0.05) is 19.1 Å². The SMILES string of the molecule is COc1nc2c(C(C)CO)cccc2o1. The maximum Gasteiger partial charge on any atom is 0.394 e. The lowest BCUT2D eigenvalue weighted by Crippen LogP contribution is -1.99. The third-order valence-corrected chi connectivity index (χ3v) is 2.41. The first-order chi connectivity index (χ1) is 7.26. The maximum absolute atomic E-state index is 9.12. The molecule has 0 aliphatic heterocycles. The van der Waals surface area contributed by atoms with Crippen molar-refractivity contribution >= 4 is 11.1 Å². The Balaban J connectivity index is 2.59. The molecule has 1 atom stereocenters. The number of para-hydroxylation sites is 1. The van der Waals surface area contributed by atoms with E-state index in [1.807, 2.05) is 25.1 Å². The van der Waals surface area contributed by atoms with Crippen molar-refractivity contribution in [1.29, 1.82) is 0 Å². The summed E-state index contributed by atoms with van der Waals surface area (Å²) in [6, 6.07) is 5.65. The van der Waals surface area contributed by atoms with E-state index in [0.29, 0.717) is 5.58 Å². The lowest BCUT2D eigenvalue weighted by Gasteiger charge is -2.07. The highest BCUT2D eigenvalue weighted by atomic mass is 16.6. The number of nitrogens with zero attached hydrogens (tertiary/aromatic N) is 1. The summed E-state index contributed by atoms with van der Waals surface area (Å²) in [4.78, 5) is 4.20. The summed E-state index contributed by atoms with van der Waals surface area (Å²) in [5.41, 5.74) is 2.42. The van der Waals surface area contributed by atoms with Crippen molar-refractivity contribution in [3.8, 4) is 6.08 Å². The average molecular weight is 207 g/mol. The molecule has 0 saturated carbocycles. The molecule has 0 saturated heterocycles. The number of benzene rings is 1. The predicted molar refractivity (Wildman–Crippen MR) is 56.1 cm³/mol. The summed E-state index contributed by atoms with van der Waals surface area (Å²) in [5.74, 6) is 0.0449. The van der Waals surface area contributed by atoms with Crippen LogP contribution in [0.5, 0.6) is 6.08 Å². The van der Waals surface area contributed by atoms with Crippen LogP contribution in [0.3, 0.4) is 0 Å². The fraction of sp³-hybridized carbons (Fsp3) is 0.364. The van der Waals surface area contributed by atoms with Crippen molar-refractivity contribution in [2.24, 2.45) is 0 Å². The lowest BCUT2D eigenvalue weighted by molar-refractivity contribution is 0.273. The first-order valence-electron chi connectivity index (χ1n) is 4.80. The van der Waals surface area contributed by atoms with Crippen molar-refractivity contribution in [3.63, 3.8) is 0 Å². The Hall–Kier alpha value is -1.55. The second-order valence-corrected chi connectivity index (χ2v) is 3.46. The van der Waals surface area contributed by atoms with Crippen molar-refractivity contribution in [2.75, 3.05) is 13.7 Å². The molecule has 1 unspecified atom stereocenters. The van der Waals surface area contributed by atoms with Gasteiger partial charge in [-0.25, -0.2) is 0 Å². The zero-order valence-corrected chi connectivity index (χ0v) is 8.73. The van der Waals surface area contributed by atoms with Gasteiger partial charge in [-0.05, 0) is 11.6 Å². The Morgan fingerprint density at radius 2 is 2.33 bits per heavy atom. The van der Waals surface area contributed by atoms with Gasteiger partial charge in [0.2, 0.25) is 0 Å². The molecule has 4 nitrogen and oxygen atoms in total. The average Bonchev–Trinajstić information content (AvgIpc) is 2.70. The minimum absolute atomic E-state index is 0.0449. The number of fused-ring (bicyclic) bond motifs is 1. The molecule has 0 fully saturated rings. The first-order valence-corrected chi connectivity index (χ1v) is 4.80. The first kappa shape index (κ1) is 9.98. The molecular weight excluding hydrogens is 194 g/mol. The highest BCUT2D eigenvalue weighted by molar-refractivity contribution is 5.77. The monoisotopic (exact) mass is 207 g/mol. The van der Waals surface area contributed by atoms with Gasteiger partial charge in [0.25, 0.3) is 0 Å². The highest BCUT2D eigenvalue weighted by Gasteiger charge is 2.13. The molecule has 0 aliphatic rings. The van der Waals surface area contributed by atoms with Gasteiger partial charge in [-0.3, -0.25) is 0 Å². The van der Waals surface area contributed by atoms with E-state index < -0.39 is 0 Å². The van der Waals surface area contributed by atoms with Gasteiger partial charge in [-0.15, -0.1) is 0 Å². The van der Waals surface area contributed by atoms with Crippen LogP contribution in [0.2, 0.25) is 0 Å². The van der Waals surface area contributed by atoms with Crippen LogP contribution in [0.1, 0.15) is 18.4 Å². The van der Waals surface area contributed by atoms with E-state index in [4.69, 9.17) is 14.3 Å². The Kier molecular flexibility index (Phi) is 2.60. The summed E-state index contributed by atoms with van der Waals surface area (Å²) in [6.45, 7) is 2.03. The number of hydrogen-bond acceptors (Lipinski definition) is 4. The highest BCUT2D eigenvalue weighted by Crippen LogP contribution is 2.27. The van der Waals surface area contributed by atoms with E-state index in [1.54, 1.807) is 0 Å². The molecule has 0 radical (unpaired) electrons. The normalized spacial score (nSPS) is 13.0. The van der Waals surface area contributed by atoms with Gasteiger partial charge in [0, 0.05) is 12.5 Å². The molecule has 2 aromatic rings. The van der Waals surface area contributed by atoms with Gasteiger partial charge in [-0.2, -0.15) is 4.98 Å². The molecule has 4 heteroatoms. The fourth-order valence-corrected chi connectivity index (χ4v) is 1.53. The summed E-state index contributed by atoms with van der Waals surface area (Å²) >= 11 is 0. The van der Waals surface area contributed by atoms with Crippen molar-refractivity contribution in [2.45, 2.75) is 12.8 Å². The molecule has 1 N–H and O–H groups in total. The number of rotatable bonds is 3. The van der Waals surface area contributed by atoms with Crippen LogP contribution in [-0.4, -0.2) is 23.8 Å². The second kappa shape index (κ2) is 3.90. The Morgan fingerprint density at radius 1 is 1.53 bits per heavy atom. The smallest absolute Gasteiger partial charge is 0.394 e. The van der Waals surface area contributed by atoms with Crippen molar-refractivity contribution < 1.29 is 14.3 Å². The molecule has 0 spiro atoms. The van der Waals surface area contributed by atoms with Gasteiger partial charge < -0.3 is 14.3 Å². The molecule has 2 rings (SSSR count). The van der Waals surface area contributed by atoms with Crippen LogP contribution < -0.4 is 4.74 Å². The minimum atomic E-state index is 0.0449. The molecular formula is C11H13NO3. The third-order valence-electron chi connectivity index (χ3n) is 2.41. The standard InChI is InChI=1S/C11H13NO3/c1-7(6-13)8-4-3-5-9-10(8)12-11(14-2)15-9/h3-5,7,13H,6H2,1-2H3. The number of aromatic nitrogens is 1. The molecule has 0 aliphatic carbocycles. The van der Waals surface area contributed by atoms with Gasteiger partial charge in [0.15, 0.2) is 5.58 Å². The van der Waals surface area contributed by atoms with E-state index in [-0.39, 0.29) is 18.6 Å². The van der Waals surface area contributed by atoms with E-state index >= 15 is 0 Å². The third kappa shape index (κ3) is 1.68. The van der Waals surface area contributed by atoms with Crippen LogP contribution in [0.4, 0.5) is 0 Å². The van der Waals surface area contributed by atoms with Crippen LogP contribution in [0.15, 0.2) is 22.6 Å². The molecule has 0 bridgehead atoms. The number of aliphatic hydroxyl groups excluding tert-OH is 1. The van der Waals surface area contributed by atoms with E-state index in [1.165, 1.54) is 7.11 Å². The summed E-state index contributed by atoms with van der Waals surface area (Å²) in [5, 5.41) is 9.12. The van der Waals surface area contributed by atoms with Crippen LogP contribution in [0.25, 0.3) is 11.1 Å². The summed E-state index contributed by atoms with van der Waals surface area (Å²) in [7, 11) is 1.51. The number of methoxy groups -OCH3 is 1. The number of ether oxygens (including phenoxy) is 1. The topological polar surface area (TPSA) is 55.5 Å². The Morgan fingerprint density at radius 3 is 3.00 bits per heavy atom. The van der Waals surface area contributed by atoms with Gasteiger partial charge in [0.1, 0.15) is 5.52 Å². The molecule has 1 heterocycles. The largest absolute Gasteiger partial charge is 0.453 e. The zero-order valence-electron chi connectivity index (χ0n) is 8.73. The van der Waals surface area contributed by atoms with E-state index in [9.17, 15) is 0 Å². The van der Waals surface area contributed by atoms with Crippen LogP contribution in [-0.2, 0) is 0 Å². The van der Waals surface area contributed by atoms with Gasteiger partial charge in [0.05, 0.1) is 7.11 Å². The molecule has 80 valence electrons. The van der Waals surface area contributed by atoms with Crippen LogP contribution in [0, 0.1) is 0 Å². The molecule has 1 aromatic carbocycles. The van der Waals surface area contributed by atoms with Crippen molar-refractivity contribution in [1.82, 2.24) is 4.98 Å². The molecule has 15 heavy (non-hydrogen) atoms. The Labute approximate surface area is 87.5 Å².